The number of allylic oxidation sites excluding steroid dienone is 1. The fraction of sp³-hybridized carbons (Fsp3) is 0.880. The first-order valence-corrected chi connectivity index (χ1v) is 20.3. The number of carbonyl (C=O) groups is 1. The maximum atomic E-state index is 11.5. The Morgan fingerprint density at radius 3 is 2.20 bits per heavy atom. The number of aliphatic hydroxyl groups excluding tert-OH is 1. The van der Waals surface area contributed by atoms with Crippen molar-refractivity contribution in [3.8, 4) is 0 Å². The third-order valence-corrected chi connectivity index (χ3v) is 21.0. The Morgan fingerprint density at radius 1 is 1.13 bits per heavy atom. The molecule has 0 spiro atoms. The summed E-state index contributed by atoms with van der Waals surface area (Å²) in [4.78, 5) is 13.7. The molecule has 4 nitrogen and oxygen atoms in total. The molecule has 0 aliphatic carbocycles. The molecule has 30 heavy (non-hydrogen) atoms. The van der Waals surface area contributed by atoms with Gasteiger partial charge in [-0.1, -0.05) is 0 Å². The monoisotopic (exact) mass is 531 g/mol. The topological polar surface area (TPSA) is 49.8 Å². The van der Waals surface area contributed by atoms with E-state index in [-0.39, 0.29) is 18.0 Å². The summed E-state index contributed by atoms with van der Waals surface area (Å²) in [7, 11) is 2.08. The van der Waals surface area contributed by atoms with Gasteiger partial charge in [0.05, 0.1) is 0 Å². The molecule has 0 bridgehead atoms. The summed E-state index contributed by atoms with van der Waals surface area (Å²) in [6, 6.07) is 0. The van der Waals surface area contributed by atoms with Crippen LogP contribution < -0.4 is 0 Å². The quantitative estimate of drug-likeness (QED) is 0.210. The first-order valence-electron chi connectivity index (χ1n) is 12.6. The van der Waals surface area contributed by atoms with E-state index >= 15 is 0 Å². The number of hydrogen-bond donors (Lipinski definition) is 1. The third kappa shape index (κ3) is 10.5. The van der Waals surface area contributed by atoms with Crippen molar-refractivity contribution < 1.29 is 14.6 Å². The molecular formula is C25H49NO3Sn. The van der Waals surface area contributed by atoms with Crippen molar-refractivity contribution in [2.45, 2.75) is 111 Å². The van der Waals surface area contributed by atoms with E-state index in [0.29, 0.717) is 0 Å². The first-order chi connectivity index (χ1) is 14.4. The van der Waals surface area contributed by atoms with Crippen molar-refractivity contribution >= 4 is 24.3 Å². The molecule has 5 heteroatoms. The van der Waals surface area contributed by atoms with Crippen LogP contribution in [-0.2, 0) is 9.53 Å². The number of ether oxygens (including phenoxy) is 1. The number of piperidine rings is 1. The van der Waals surface area contributed by atoms with E-state index in [4.69, 9.17) is 4.74 Å². The number of carbonyl (C=O) groups excluding carboxylic acids is 1. The molecule has 0 radical (unpaired) electrons. The van der Waals surface area contributed by atoms with E-state index in [1.165, 1.54) is 58.8 Å². The van der Waals surface area contributed by atoms with Gasteiger partial charge >= 0.3 is 191 Å². The molecule has 176 valence electrons. The Bertz CT molecular complexity index is 475. The fourth-order valence-electron chi connectivity index (χ4n) is 4.89. The van der Waals surface area contributed by atoms with Crippen molar-refractivity contribution in [2.24, 2.45) is 5.92 Å². The van der Waals surface area contributed by atoms with Crippen LogP contribution in [0.5, 0.6) is 0 Å². The molecule has 3 atom stereocenters. The van der Waals surface area contributed by atoms with Crippen molar-refractivity contribution in [1.29, 1.82) is 0 Å². The Labute approximate surface area is 190 Å². The minimum absolute atomic E-state index is 0.0228. The summed E-state index contributed by atoms with van der Waals surface area (Å²) >= 11 is -2.22. The molecule has 1 N–H and O–H groups in total. The SMILES string of the molecule is CCC[CH2][Sn]([CH]=CCCC(O)C1CN(C)CCC1OC(C)=O)([CH2]CCC)[CH2]CCC. The van der Waals surface area contributed by atoms with E-state index in [1.807, 2.05) is 0 Å². The Kier molecular flexibility index (Phi) is 14.6. The van der Waals surface area contributed by atoms with Gasteiger partial charge in [-0.25, -0.2) is 0 Å². The number of unbranched alkanes of at least 4 members (excludes halogenated alkanes) is 3. The van der Waals surface area contributed by atoms with E-state index < -0.39 is 24.5 Å². The molecule has 1 heterocycles. The summed E-state index contributed by atoms with van der Waals surface area (Å²) in [6.45, 7) is 10.1. The van der Waals surface area contributed by atoms with Gasteiger partial charge in [-0.2, -0.15) is 0 Å². The van der Waals surface area contributed by atoms with Crippen LogP contribution in [0.15, 0.2) is 10.2 Å². The summed E-state index contributed by atoms with van der Waals surface area (Å²) in [5, 5.41) is 10.9. The fourth-order valence-corrected chi connectivity index (χ4v) is 19.4. The van der Waals surface area contributed by atoms with Crippen molar-refractivity contribution in [3.63, 3.8) is 0 Å². The van der Waals surface area contributed by atoms with Gasteiger partial charge in [-0.15, -0.1) is 0 Å². The Hall–Kier alpha value is -0.0713. The van der Waals surface area contributed by atoms with Gasteiger partial charge in [0, 0.05) is 0 Å². The maximum absolute atomic E-state index is 11.5. The van der Waals surface area contributed by atoms with Gasteiger partial charge in [0.15, 0.2) is 0 Å². The van der Waals surface area contributed by atoms with Crippen LogP contribution in [0.25, 0.3) is 0 Å². The van der Waals surface area contributed by atoms with Crippen molar-refractivity contribution in [2.75, 3.05) is 20.1 Å². The number of aliphatic hydroxyl groups is 1. The van der Waals surface area contributed by atoms with E-state index in [1.54, 1.807) is 0 Å². The molecular weight excluding hydrogens is 481 g/mol. The van der Waals surface area contributed by atoms with Crippen LogP contribution in [0.4, 0.5) is 0 Å². The number of likely N-dealkylation sites (tertiary alicyclic amines) is 1. The second-order valence-corrected chi connectivity index (χ2v) is 22.6. The second-order valence-electron chi connectivity index (χ2n) is 9.58. The summed E-state index contributed by atoms with van der Waals surface area (Å²) in [6.07, 6.45) is 12.5. The predicted molar refractivity (Wildman–Crippen MR) is 130 cm³/mol. The molecule has 0 aromatic heterocycles. The normalized spacial score (nSPS) is 21.8. The molecule has 0 amide bonds. The molecule has 1 rings (SSSR count). The molecule has 1 saturated heterocycles. The van der Waals surface area contributed by atoms with Gasteiger partial charge in [0.2, 0.25) is 0 Å². The van der Waals surface area contributed by atoms with Gasteiger partial charge in [0.1, 0.15) is 0 Å². The molecule has 1 aliphatic heterocycles. The summed E-state index contributed by atoms with van der Waals surface area (Å²) < 4.78 is 12.7. The molecule has 1 fully saturated rings. The molecule has 0 aromatic rings. The number of esters is 1. The first kappa shape index (κ1) is 28.0. The van der Waals surface area contributed by atoms with Crippen LogP contribution in [0, 0.1) is 5.92 Å². The van der Waals surface area contributed by atoms with Crippen LogP contribution in [0.2, 0.25) is 13.3 Å². The van der Waals surface area contributed by atoms with E-state index in [2.05, 4.69) is 42.9 Å². The standard InChI is InChI=1S/C13H22NO3.3C4H9.Sn/c1-4-5-6-12(16)11-9-14(3)8-7-13(11)17-10(2)15;3*1-3-4-2;/h1,4,11-13,16H,5-9H2,2-3H3;3*1,3-4H2,2H3;. The van der Waals surface area contributed by atoms with Crippen LogP contribution in [0.3, 0.4) is 0 Å². The Balaban J connectivity index is 2.72. The zero-order valence-corrected chi connectivity index (χ0v) is 23.4. The molecule has 1 aliphatic rings. The predicted octanol–water partition coefficient (Wildman–Crippen LogP) is 5.96. The van der Waals surface area contributed by atoms with E-state index in [0.717, 1.165) is 32.4 Å². The van der Waals surface area contributed by atoms with Gasteiger partial charge in [-0.3, -0.25) is 0 Å². The van der Waals surface area contributed by atoms with Gasteiger partial charge in [0.25, 0.3) is 0 Å². The number of hydrogen-bond acceptors (Lipinski definition) is 4. The summed E-state index contributed by atoms with van der Waals surface area (Å²) in [5.41, 5.74) is 0. The second kappa shape index (κ2) is 15.7. The number of rotatable bonds is 15. The zero-order chi connectivity index (χ0) is 22.4. The molecule has 0 aromatic carbocycles. The molecule has 3 unspecified atom stereocenters. The molecule has 0 saturated carbocycles. The van der Waals surface area contributed by atoms with Crippen molar-refractivity contribution in [1.82, 2.24) is 4.90 Å². The van der Waals surface area contributed by atoms with Crippen molar-refractivity contribution in [3.05, 3.63) is 10.2 Å². The van der Waals surface area contributed by atoms with Crippen LogP contribution >= 0.6 is 0 Å². The minimum atomic E-state index is -2.22. The van der Waals surface area contributed by atoms with Crippen LogP contribution in [-0.4, -0.2) is 66.7 Å². The van der Waals surface area contributed by atoms with Gasteiger partial charge < -0.3 is 0 Å². The van der Waals surface area contributed by atoms with Crippen LogP contribution in [0.1, 0.15) is 85.5 Å². The zero-order valence-electron chi connectivity index (χ0n) is 20.5. The Morgan fingerprint density at radius 2 is 1.70 bits per heavy atom. The third-order valence-electron chi connectivity index (χ3n) is 6.79. The van der Waals surface area contributed by atoms with Gasteiger partial charge in [-0.05, 0) is 0 Å². The average Bonchev–Trinajstić information content (AvgIpc) is 2.72. The average molecular weight is 530 g/mol. The van der Waals surface area contributed by atoms with E-state index in [9.17, 15) is 9.90 Å². The summed E-state index contributed by atoms with van der Waals surface area (Å²) in [5.74, 6) is -0.210. The number of nitrogens with zero attached hydrogens (tertiary/aromatic N) is 1.